The average Bonchev–Trinajstić information content (AvgIpc) is 3.27. The van der Waals surface area contributed by atoms with E-state index >= 15 is 0 Å². The number of nitrogens with zero attached hydrogens (tertiary/aromatic N) is 2. The van der Waals surface area contributed by atoms with Gasteiger partial charge in [0.25, 0.3) is 0 Å². The molecule has 0 bridgehead atoms. The first-order chi connectivity index (χ1) is 12.2. The summed E-state index contributed by atoms with van der Waals surface area (Å²) in [6.45, 7) is 4.15. The summed E-state index contributed by atoms with van der Waals surface area (Å²) in [4.78, 5) is 8.91. The van der Waals surface area contributed by atoms with Crippen LogP contribution in [0.5, 0.6) is 0 Å². The van der Waals surface area contributed by atoms with E-state index in [2.05, 4.69) is 60.2 Å². The summed E-state index contributed by atoms with van der Waals surface area (Å²) < 4.78 is 6.96. The predicted molar refractivity (Wildman–Crippen MR) is 103 cm³/mol. The van der Waals surface area contributed by atoms with Gasteiger partial charge in [0.1, 0.15) is 5.01 Å². The van der Waals surface area contributed by atoms with Gasteiger partial charge < -0.3 is 4.42 Å². The maximum atomic E-state index is 5.87. The number of aromatic nitrogens is 2. The molecule has 0 fully saturated rings. The van der Waals surface area contributed by atoms with E-state index in [1.165, 1.54) is 11.1 Å². The topological polar surface area (TPSA) is 38.9 Å². The molecule has 0 aliphatic carbocycles. The maximum Gasteiger partial charge on any atom is 0.227 e. The molecule has 4 rings (SSSR count). The first-order valence-corrected chi connectivity index (χ1v) is 9.54. The Balaban J connectivity index is 1.51. The quantitative estimate of drug-likeness (QED) is 0.430. The summed E-state index contributed by atoms with van der Waals surface area (Å²) in [5.74, 6) is 0.644. The number of oxazole rings is 1. The van der Waals surface area contributed by atoms with Crippen LogP contribution >= 0.6 is 23.1 Å². The second-order valence-electron chi connectivity index (χ2n) is 5.80. The van der Waals surface area contributed by atoms with Crippen LogP contribution in [0.15, 0.2) is 74.6 Å². The fraction of sp³-hybridized carbons (Fsp3) is 0.100. The number of thiazole rings is 1. The van der Waals surface area contributed by atoms with Gasteiger partial charge in [0, 0.05) is 11.1 Å². The summed E-state index contributed by atoms with van der Waals surface area (Å²) >= 11 is 3.21. The fourth-order valence-electron chi connectivity index (χ4n) is 2.37. The maximum absolute atomic E-state index is 5.87. The van der Waals surface area contributed by atoms with Gasteiger partial charge in [-0.1, -0.05) is 47.5 Å². The highest BCUT2D eigenvalue weighted by atomic mass is 32.2. The Bertz CT molecular complexity index is 903. The first-order valence-electron chi connectivity index (χ1n) is 7.91. The second kappa shape index (κ2) is 6.86. The summed E-state index contributed by atoms with van der Waals surface area (Å²) in [5.41, 5.74) is 4.60. The lowest BCUT2D eigenvalue weighted by Gasteiger charge is -1.97. The summed E-state index contributed by atoms with van der Waals surface area (Å²) in [7, 11) is 0. The molecular weight excluding hydrogens is 348 g/mol. The van der Waals surface area contributed by atoms with Crippen molar-refractivity contribution in [1.82, 2.24) is 9.97 Å². The molecule has 0 aliphatic heterocycles. The smallest absolute Gasteiger partial charge is 0.227 e. The van der Waals surface area contributed by atoms with Gasteiger partial charge in [-0.15, -0.1) is 11.3 Å². The molecule has 4 aromatic rings. The van der Waals surface area contributed by atoms with Gasteiger partial charge in [-0.3, -0.25) is 0 Å². The van der Waals surface area contributed by atoms with E-state index < -0.39 is 0 Å². The number of hydrogen-bond donors (Lipinski definition) is 0. The van der Waals surface area contributed by atoms with Crippen LogP contribution in [0.1, 0.15) is 11.1 Å². The highest BCUT2D eigenvalue weighted by molar-refractivity contribution is 8.01. The van der Waals surface area contributed by atoms with Crippen molar-refractivity contribution < 1.29 is 4.42 Å². The number of rotatable bonds is 4. The minimum absolute atomic E-state index is 0.644. The molecule has 0 spiro atoms. The van der Waals surface area contributed by atoms with Crippen LogP contribution in [-0.4, -0.2) is 9.97 Å². The Hall–Kier alpha value is -2.37. The molecule has 2 heterocycles. The van der Waals surface area contributed by atoms with Crippen LogP contribution in [0, 0.1) is 13.8 Å². The molecule has 5 heteroatoms. The van der Waals surface area contributed by atoms with Gasteiger partial charge in [0.2, 0.25) is 5.89 Å². The van der Waals surface area contributed by atoms with Crippen molar-refractivity contribution in [2.24, 2.45) is 0 Å². The van der Waals surface area contributed by atoms with Crippen molar-refractivity contribution in [1.29, 1.82) is 0 Å². The highest BCUT2D eigenvalue weighted by Crippen LogP contribution is 2.37. The van der Waals surface area contributed by atoms with Gasteiger partial charge in [-0.05, 0) is 37.7 Å². The van der Waals surface area contributed by atoms with E-state index in [0.29, 0.717) is 5.89 Å². The van der Waals surface area contributed by atoms with Gasteiger partial charge in [0.05, 0.1) is 16.6 Å². The largest absolute Gasteiger partial charge is 0.430 e. The molecular formula is C20H16N2OS2. The van der Waals surface area contributed by atoms with Gasteiger partial charge in [-0.2, -0.15) is 0 Å². The van der Waals surface area contributed by atoms with Gasteiger partial charge in [0.15, 0.2) is 5.09 Å². The van der Waals surface area contributed by atoms with Crippen molar-refractivity contribution in [2.45, 2.75) is 23.1 Å². The molecule has 0 saturated heterocycles. The Morgan fingerprint density at radius 2 is 1.44 bits per heavy atom. The lowest BCUT2D eigenvalue weighted by Crippen LogP contribution is -1.76. The zero-order valence-corrected chi connectivity index (χ0v) is 15.5. The summed E-state index contributed by atoms with van der Waals surface area (Å²) in [6.07, 6.45) is 3.66. The molecule has 0 saturated carbocycles. The predicted octanol–water partition coefficient (Wildman–Crippen LogP) is 6.23. The van der Waals surface area contributed by atoms with Crippen LogP contribution in [0.3, 0.4) is 0 Å². The number of benzene rings is 2. The molecule has 0 unspecified atom stereocenters. The molecule has 0 radical (unpaired) electrons. The van der Waals surface area contributed by atoms with E-state index in [1.54, 1.807) is 29.3 Å². The molecule has 25 heavy (non-hydrogen) atoms. The number of hydrogen-bond acceptors (Lipinski definition) is 5. The van der Waals surface area contributed by atoms with Crippen molar-refractivity contribution in [3.05, 3.63) is 72.1 Å². The molecule has 0 N–H and O–H groups in total. The molecule has 0 atom stereocenters. The van der Waals surface area contributed by atoms with Crippen LogP contribution in [0.2, 0.25) is 0 Å². The molecule has 2 aromatic heterocycles. The first kappa shape index (κ1) is 16.1. The molecule has 0 amide bonds. The minimum atomic E-state index is 0.644. The van der Waals surface area contributed by atoms with E-state index in [0.717, 1.165) is 25.4 Å². The SMILES string of the molecule is Cc1ccc(-c2ncc(Sc3cnc(-c4ccc(C)cc4)s3)o2)cc1. The van der Waals surface area contributed by atoms with Crippen molar-refractivity contribution in [3.8, 4) is 22.0 Å². The third kappa shape index (κ3) is 3.67. The molecule has 124 valence electrons. The fourth-order valence-corrected chi connectivity index (χ4v) is 4.21. The van der Waals surface area contributed by atoms with Crippen LogP contribution < -0.4 is 0 Å². The van der Waals surface area contributed by atoms with Crippen molar-refractivity contribution in [2.75, 3.05) is 0 Å². The Morgan fingerprint density at radius 3 is 2.12 bits per heavy atom. The van der Waals surface area contributed by atoms with Gasteiger partial charge >= 0.3 is 0 Å². The highest BCUT2D eigenvalue weighted by Gasteiger charge is 2.11. The Kier molecular flexibility index (Phi) is 4.42. The number of aryl methyl sites for hydroxylation is 2. The zero-order valence-electron chi connectivity index (χ0n) is 13.9. The van der Waals surface area contributed by atoms with E-state index in [-0.39, 0.29) is 0 Å². The van der Waals surface area contributed by atoms with Crippen LogP contribution in [-0.2, 0) is 0 Å². The lowest BCUT2D eigenvalue weighted by molar-refractivity contribution is 0.484. The van der Waals surface area contributed by atoms with Gasteiger partial charge in [-0.25, -0.2) is 9.97 Å². The molecule has 0 aliphatic rings. The second-order valence-corrected chi connectivity index (χ2v) is 8.14. The van der Waals surface area contributed by atoms with Crippen molar-refractivity contribution in [3.63, 3.8) is 0 Å². The van der Waals surface area contributed by atoms with E-state index in [9.17, 15) is 0 Å². The van der Waals surface area contributed by atoms with E-state index in [1.807, 2.05) is 18.3 Å². The minimum Gasteiger partial charge on any atom is -0.430 e. The van der Waals surface area contributed by atoms with Crippen LogP contribution in [0.25, 0.3) is 22.0 Å². The van der Waals surface area contributed by atoms with E-state index in [4.69, 9.17) is 4.42 Å². The third-order valence-corrected chi connectivity index (χ3v) is 5.80. The molecule has 2 aromatic carbocycles. The lowest BCUT2D eigenvalue weighted by atomic mass is 10.1. The Labute approximate surface area is 154 Å². The standard InChI is InChI=1S/C20H16N2OS2/c1-13-3-7-15(8-4-13)19-21-11-17(23-19)24-18-12-22-20(25-18)16-9-5-14(2)6-10-16/h3-12H,1-2H3. The summed E-state index contributed by atoms with van der Waals surface area (Å²) in [5, 5.41) is 1.79. The zero-order chi connectivity index (χ0) is 17.2. The van der Waals surface area contributed by atoms with Crippen molar-refractivity contribution >= 4 is 23.1 Å². The summed E-state index contributed by atoms with van der Waals surface area (Å²) in [6, 6.07) is 16.6. The monoisotopic (exact) mass is 364 g/mol. The van der Waals surface area contributed by atoms with Crippen LogP contribution in [0.4, 0.5) is 0 Å². The molecule has 3 nitrogen and oxygen atoms in total. The average molecular weight is 364 g/mol. The third-order valence-electron chi connectivity index (χ3n) is 3.77. The normalized spacial score (nSPS) is 11.0. The Morgan fingerprint density at radius 1 is 0.800 bits per heavy atom.